The molecule has 1 aromatic carbocycles. The van der Waals surface area contributed by atoms with Gasteiger partial charge in [-0.05, 0) is 30.5 Å². The number of hydrogen-bond acceptors (Lipinski definition) is 2. The van der Waals surface area contributed by atoms with Gasteiger partial charge in [0.15, 0.2) is 0 Å². The van der Waals surface area contributed by atoms with Crippen LogP contribution in [-0.4, -0.2) is 35.1 Å². The number of likely N-dealkylation sites (tertiary alicyclic amines) is 1. The predicted octanol–water partition coefficient (Wildman–Crippen LogP) is 1.97. The monoisotopic (exact) mass is 298 g/mol. The molecule has 0 radical (unpaired) electrons. The Morgan fingerprint density at radius 2 is 2.14 bits per heavy atom. The predicted molar refractivity (Wildman–Crippen MR) is 70.5 cm³/mol. The minimum absolute atomic E-state index is 0.0301. The number of rotatable bonds is 4. The van der Waals surface area contributed by atoms with E-state index in [1.54, 1.807) is 0 Å². The molecule has 0 bridgehead atoms. The van der Waals surface area contributed by atoms with Crippen LogP contribution in [0.5, 0.6) is 0 Å². The maximum absolute atomic E-state index is 13.4. The number of carbonyl (C=O) groups excluding carboxylic acids is 1. The number of aliphatic carboxylic acids is 1. The van der Waals surface area contributed by atoms with Crippen molar-refractivity contribution in [2.24, 2.45) is 5.92 Å². The van der Waals surface area contributed by atoms with Crippen molar-refractivity contribution >= 4 is 12.0 Å². The molecule has 7 heteroatoms. The normalized spacial score (nSPS) is 17.8. The van der Waals surface area contributed by atoms with Crippen LogP contribution >= 0.6 is 0 Å². The van der Waals surface area contributed by atoms with Crippen molar-refractivity contribution in [1.82, 2.24) is 10.2 Å². The average Bonchev–Trinajstić information content (AvgIpc) is 2.87. The topological polar surface area (TPSA) is 69.6 Å². The van der Waals surface area contributed by atoms with Gasteiger partial charge in [-0.2, -0.15) is 0 Å². The first-order valence-corrected chi connectivity index (χ1v) is 6.64. The second-order valence-corrected chi connectivity index (χ2v) is 5.09. The number of amides is 2. The van der Waals surface area contributed by atoms with E-state index in [0.29, 0.717) is 19.5 Å². The smallest absolute Gasteiger partial charge is 0.317 e. The molecule has 1 aliphatic heterocycles. The zero-order valence-corrected chi connectivity index (χ0v) is 11.3. The van der Waals surface area contributed by atoms with E-state index in [1.165, 1.54) is 4.90 Å². The second-order valence-electron chi connectivity index (χ2n) is 5.09. The zero-order valence-electron chi connectivity index (χ0n) is 11.3. The van der Waals surface area contributed by atoms with Crippen LogP contribution in [0.25, 0.3) is 0 Å². The summed E-state index contributed by atoms with van der Waals surface area (Å²) in [5, 5.41) is 11.2. The van der Waals surface area contributed by atoms with E-state index < -0.39 is 23.6 Å². The molecule has 1 heterocycles. The van der Waals surface area contributed by atoms with Crippen LogP contribution < -0.4 is 5.32 Å². The summed E-state index contributed by atoms with van der Waals surface area (Å²) in [7, 11) is 0. The van der Waals surface area contributed by atoms with E-state index in [9.17, 15) is 18.4 Å². The molecular formula is C14H16F2N2O3. The molecule has 1 saturated heterocycles. The summed E-state index contributed by atoms with van der Waals surface area (Å²) in [5.41, 5.74) is 0.0737. The lowest BCUT2D eigenvalue weighted by molar-refractivity contribution is -0.138. The lowest BCUT2D eigenvalue weighted by Gasteiger charge is -2.17. The Hall–Kier alpha value is -2.18. The van der Waals surface area contributed by atoms with Gasteiger partial charge in [-0.25, -0.2) is 13.6 Å². The lowest BCUT2D eigenvalue weighted by atomic mass is 10.1. The Kier molecular flexibility index (Phi) is 4.72. The first-order valence-electron chi connectivity index (χ1n) is 6.64. The largest absolute Gasteiger partial charge is 0.481 e. The quantitative estimate of drug-likeness (QED) is 0.893. The van der Waals surface area contributed by atoms with Crippen molar-refractivity contribution < 1.29 is 23.5 Å². The molecule has 0 aromatic heterocycles. The number of nitrogens with one attached hydrogen (secondary N) is 1. The van der Waals surface area contributed by atoms with Crippen molar-refractivity contribution in [3.05, 3.63) is 35.4 Å². The summed E-state index contributed by atoms with van der Waals surface area (Å²) >= 11 is 0. The van der Waals surface area contributed by atoms with E-state index in [2.05, 4.69) is 5.32 Å². The van der Waals surface area contributed by atoms with Crippen LogP contribution in [0.1, 0.15) is 18.4 Å². The van der Waals surface area contributed by atoms with Crippen LogP contribution in [0.3, 0.4) is 0 Å². The lowest BCUT2D eigenvalue weighted by Crippen LogP contribution is -2.38. The molecule has 1 unspecified atom stereocenters. The molecule has 2 amide bonds. The van der Waals surface area contributed by atoms with Crippen LogP contribution in [0.15, 0.2) is 18.2 Å². The summed E-state index contributed by atoms with van der Waals surface area (Å²) in [6.07, 6.45) is 0.663. The molecule has 1 atom stereocenters. The van der Waals surface area contributed by atoms with Crippen LogP contribution in [-0.2, 0) is 11.3 Å². The summed E-state index contributed by atoms with van der Waals surface area (Å²) in [5.74, 6) is -2.09. The summed E-state index contributed by atoms with van der Waals surface area (Å²) < 4.78 is 26.4. The minimum Gasteiger partial charge on any atom is -0.481 e. The summed E-state index contributed by atoms with van der Waals surface area (Å²) in [4.78, 5) is 24.0. The fourth-order valence-electron chi connectivity index (χ4n) is 2.39. The van der Waals surface area contributed by atoms with E-state index in [1.807, 2.05) is 0 Å². The van der Waals surface area contributed by atoms with E-state index in [-0.39, 0.29) is 24.4 Å². The molecule has 0 aliphatic carbocycles. The number of halogens is 2. The second kappa shape index (κ2) is 6.51. The van der Waals surface area contributed by atoms with E-state index in [0.717, 1.165) is 18.2 Å². The van der Waals surface area contributed by atoms with Gasteiger partial charge in [0.25, 0.3) is 0 Å². The van der Waals surface area contributed by atoms with Gasteiger partial charge in [0, 0.05) is 31.6 Å². The zero-order chi connectivity index (χ0) is 15.4. The number of nitrogens with zero attached hydrogens (tertiary/aromatic N) is 1. The van der Waals surface area contributed by atoms with Crippen molar-refractivity contribution in [1.29, 1.82) is 0 Å². The molecule has 21 heavy (non-hydrogen) atoms. The fourth-order valence-corrected chi connectivity index (χ4v) is 2.39. The first-order chi connectivity index (χ1) is 9.95. The van der Waals surface area contributed by atoms with Crippen LogP contribution in [0, 0.1) is 17.6 Å². The third kappa shape index (κ3) is 4.14. The number of urea groups is 1. The molecule has 114 valence electrons. The molecule has 0 spiro atoms. The van der Waals surface area contributed by atoms with Crippen LogP contribution in [0.4, 0.5) is 13.6 Å². The highest BCUT2D eigenvalue weighted by molar-refractivity contribution is 5.74. The number of carbonyl (C=O) groups is 2. The highest BCUT2D eigenvalue weighted by Gasteiger charge is 2.27. The molecule has 1 aromatic rings. The molecule has 5 nitrogen and oxygen atoms in total. The van der Waals surface area contributed by atoms with Gasteiger partial charge in [-0.15, -0.1) is 0 Å². The van der Waals surface area contributed by atoms with Gasteiger partial charge in [-0.3, -0.25) is 4.79 Å². The Bertz CT molecular complexity index is 551. The van der Waals surface area contributed by atoms with Crippen molar-refractivity contribution in [3.8, 4) is 0 Å². The molecular weight excluding hydrogens is 282 g/mol. The Balaban J connectivity index is 1.85. The Morgan fingerprint density at radius 3 is 2.86 bits per heavy atom. The van der Waals surface area contributed by atoms with Gasteiger partial charge < -0.3 is 15.3 Å². The molecule has 2 rings (SSSR count). The third-order valence-corrected chi connectivity index (χ3v) is 3.47. The standard InChI is InChI=1S/C14H16F2N2O3/c15-11-1-2-12(16)10(6-11)7-17-14(21)18-4-3-9(8-18)5-13(19)20/h1-2,6,9H,3-5,7-8H2,(H,17,21)(H,19,20). The van der Waals surface area contributed by atoms with Gasteiger partial charge >= 0.3 is 12.0 Å². The van der Waals surface area contributed by atoms with Crippen molar-refractivity contribution in [2.75, 3.05) is 13.1 Å². The number of hydrogen-bond donors (Lipinski definition) is 2. The molecule has 2 N–H and O–H groups in total. The van der Waals surface area contributed by atoms with Gasteiger partial charge in [-0.1, -0.05) is 0 Å². The van der Waals surface area contributed by atoms with Crippen molar-refractivity contribution in [2.45, 2.75) is 19.4 Å². The van der Waals surface area contributed by atoms with Crippen molar-refractivity contribution in [3.63, 3.8) is 0 Å². The minimum atomic E-state index is -0.885. The van der Waals surface area contributed by atoms with Gasteiger partial charge in [0.2, 0.25) is 0 Å². The molecule has 0 saturated carbocycles. The van der Waals surface area contributed by atoms with E-state index in [4.69, 9.17) is 5.11 Å². The first kappa shape index (κ1) is 15.2. The Labute approximate surface area is 120 Å². The molecule has 1 fully saturated rings. The Morgan fingerprint density at radius 1 is 1.38 bits per heavy atom. The molecule has 1 aliphatic rings. The maximum atomic E-state index is 13.4. The fraction of sp³-hybridized carbons (Fsp3) is 0.429. The maximum Gasteiger partial charge on any atom is 0.317 e. The van der Waals surface area contributed by atoms with Crippen LogP contribution in [0.2, 0.25) is 0 Å². The number of benzene rings is 1. The third-order valence-electron chi connectivity index (χ3n) is 3.47. The number of carboxylic acid groups (broad SMARTS) is 1. The summed E-state index contributed by atoms with van der Waals surface area (Å²) in [6, 6.07) is 2.66. The highest BCUT2D eigenvalue weighted by atomic mass is 19.1. The highest BCUT2D eigenvalue weighted by Crippen LogP contribution is 2.19. The number of carboxylic acids is 1. The van der Waals surface area contributed by atoms with Gasteiger partial charge in [0.1, 0.15) is 11.6 Å². The average molecular weight is 298 g/mol. The summed E-state index contributed by atoms with van der Waals surface area (Å²) in [6.45, 7) is 0.724. The SMILES string of the molecule is O=C(O)CC1CCN(C(=O)NCc2cc(F)ccc2F)C1. The van der Waals surface area contributed by atoms with Gasteiger partial charge in [0.05, 0.1) is 0 Å². The van der Waals surface area contributed by atoms with E-state index >= 15 is 0 Å².